The van der Waals surface area contributed by atoms with Crippen molar-refractivity contribution in [3.05, 3.63) is 59.2 Å². The summed E-state index contributed by atoms with van der Waals surface area (Å²) in [7, 11) is 1.50. The van der Waals surface area contributed by atoms with Crippen LogP contribution in [0, 0.1) is 0 Å². The van der Waals surface area contributed by atoms with Crippen molar-refractivity contribution in [2.24, 2.45) is 0 Å². The van der Waals surface area contributed by atoms with E-state index < -0.39 is 0 Å². The third-order valence-corrected chi connectivity index (χ3v) is 3.46. The summed E-state index contributed by atoms with van der Waals surface area (Å²) >= 11 is 0. The lowest BCUT2D eigenvalue weighted by atomic mass is 10.1. The summed E-state index contributed by atoms with van der Waals surface area (Å²) in [6.07, 6.45) is 0. The van der Waals surface area contributed by atoms with Gasteiger partial charge in [0.2, 0.25) is 0 Å². The number of ketones is 1. The predicted molar refractivity (Wildman–Crippen MR) is 89.7 cm³/mol. The number of hydrogen-bond donors (Lipinski definition) is 0. The van der Waals surface area contributed by atoms with Crippen LogP contribution in [0.5, 0.6) is 11.5 Å². The van der Waals surface area contributed by atoms with Crippen LogP contribution in [0.15, 0.2) is 42.5 Å². The van der Waals surface area contributed by atoms with Crippen LogP contribution in [0.3, 0.4) is 0 Å². The molecular weight excluding hydrogens is 308 g/mol. The lowest BCUT2D eigenvalue weighted by molar-refractivity contribution is 0.0523. The molecule has 0 fully saturated rings. The molecule has 0 bridgehead atoms. The van der Waals surface area contributed by atoms with Crippen LogP contribution in [0.25, 0.3) is 0 Å². The molecule has 2 aromatic rings. The molecule has 0 heterocycles. The SMILES string of the molecule is CCOC(=O)c1ccccc1COc1ccc(C(C)=O)c(OC)c1. The van der Waals surface area contributed by atoms with E-state index in [1.165, 1.54) is 14.0 Å². The number of methoxy groups -OCH3 is 1. The normalized spacial score (nSPS) is 10.1. The van der Waals surface area contributed by atoms with Gasteiger partial charge in [-0.1, -0.05) is 18.2 Å². The second-order valence-corrected chi connectivity index (χ2v) is 5.08. The fraction of sp³-hybridized carbons (Fsp3) is 0.263. The smallest absolute Gasteiger partial charge is 0.338 e. The van der Waals surface area contributed by atoms with Gasteiger partial charge in [0.25, 0.3) is 0 Å². The Balaban J connectivity index is 2.17. The molecule has 0 N–H and O–H groups in total. The van der Waals surface area contributed by atoms with Gasteiger partial charge in [-0.2, -0.15) is 0 Å². The Hall–Kier alpha value is -2.82. The third-order valence-electron chi connectivity index (χ3n) is 3.46. The molecule has 0 radical (unpaired) electrons. The molecule has 2 aromatic carbocycles. The first-order chi connectivity index (χ1) is 11.6. The highest BCUT2D eigenvalue weighted by Crippen LogP contribution is 2.26. The van der Waals surface area contributed by atoms with Crippen molar-refractivity contribution in [1.82, 2.24) is 0 Å². The summed E-state index contributed by atoms with van der Waals surface area (Å²) in [5, 5.41) is 0. The molecule has 0 aliphatic carbocycles. The molecule has 0 atom stereocenters. The maximum atomic E-state index is 12.0. The third kappa shape index (κ3) is 4.13. The van der Waals surface area contributed by atoms with E-state index in [1.54, 1.807) is 37.3 Å². The Kier molecular flexibility index (Phi) is 5.95. The molecule has 5 heteroatoms. The molecule has 5 nitrogen and oxygen atoms in total. The Morgan fingerprint density at radius 2 is 1.79 bits per heavy atom. The molecule has 0 aromatic heterocycles. The van der Waals surface area contributed by atoms with Gasteiger partial charge >= 0.3 is 5.97 Å². The van der Waals surface area contributed by atoms with Crippen LogP contribution in [0.1, 0.15) is 40.1 Å². The summed E-state index contributed by atoms with van der Waals surface area (Å²) in [6.45, 7) is 3.77. The Bertz CT molecular complexity index is 736. The highest BCUT2D eigenvalue weighted by molar-refractivity contribution is 5.97. The van der Waals surface area contributed by atoms with Gasteiger partial charge in [0.05, 0.1) is 24.8 Å². The van der Waals surface area contributed by atoms with E-state index in [0.29, 0.717) is 29.2 Å². The van der Waals surface area contributed by atoms with Crippen LogP contribution < -0.4 is 9.47 Å². The number of esters is 1. The predicted octanol–water partition coefficient (Wildman–Crippen LogP) is 3.65. The van der Waals surface area contributed by atoms with E-state index >= 15 is 0 Å². The number of benzene rings is 2. The number of carbonyl (C=O) groups is 2. The number of rotatable bonds is 7. The largest absolute Gasteiger partial charge is 0.496 e. The average molecular weight is 328 g/mol. The summed E-state index contributed by atoms with van der Waals surface area (Å²) in [5.74, 6) is 0.557. The molecule has 0 spiro atoms. The van der Waals surface area contributed by atoms with E-state index in [1.807, 2.05) is 12.1 Å². The van der Waals surface area contributed by atoms with Gasteiger partial charge in [0.15, 0.2) is 5.78 Å². The minimum Gasteiger partial charge on any atom is -0.496 e. The minimum atomic E-state index is -0.374. The van der Waals surface area contributed by atoms with E-state index in [2.05, 4.69) is 0 Å². The lowest BCUT2D eigenvalue weighted by Crippen LogP contribution is -2.09. The number of hydrogen-bond acceptors (Lipinski definition) is 5. The molecule has 0 unspecified atom stereocenters. The van der Waals surface area contributed by atoms with Gasteiger partial charge in [-0.25, -0.2) is 4.79 Å². The number of ether oxygens (including phenoxy) is 3. The van der Waals surface area contributed by atoms with Crippen molar-refractivity contribution in [3.8, 4) is 11.5 Å². The summed E-state index contributed by atoms with van der Waals surface area (Å²) < 4.78 is 16.0. The first-order valence-corrected chi connectivity index (χ1v) is 7.63. The number of carbonyl (C=O) groups excluding carboxylic acids is 2. The summed E-state index contributed by atoms with van der Waals surface area (Å²) in [4.78, 5) is 23.5. The van der Waals surface area contributed by atoms with Crippen molar-refractivity contribution in [3.63, 3.8) is 0 Å². The fourth-order valence-corrected chi connectivity index (χ4v) is 2.27. The van der Waals surface area contributed by atoms with E-state index in [0.717, 1.165) is 5.56 Å². The van der Waals surface area contributed by atoms with E-state index in [9.17, 15) is 9.59 Å². The van der Waals surface area contributed by atoms with Gasteiger partial charge in [-0.3, -0.25) is 4.79 Å². The van der Waals surface area contributed by atoms with Crippen molar-refractivity contribution in [2.75, 3.05) is 13.7 Å². The van der Waals surface area contributed by atoms with Gasteiger partial charge in [0.1, 0.15) is 18.1 Å². The Morgan fingerprint density at radius 1 is 1.04 bits per heavy atom. The molecule has 0 aliphatic rings. The molecule has 2 rings (SSSR count). The second kappa shape index (κ2) is 8.15. The zero-order valence-corrected chi connectivity index (χ0v) is 14.0. The molecule has 0 amide bonds. The van der Waals surface area contributed by atoms with E-state index in [-0.39, 0.29) is 18.4 Å². The highest BCUT2D eigenvalue weighted by atomic mass is 16.5. The van der Waals surface area contributed by atoms with Crippen LogP contribution in [0.4, 0.5) is 0 Å². The lowest BCUT2D eigenvalue weighted by Gasteiger charge is -2.12. The van der Waals surface area contributed by atoms with Gasteiger partial charge in [-0.05, 0) is 32.0 Å². The van der Waals surface area contributed by atoms with Crippen LogP contribution in [-0.2, 0) is 11.3 Å². The fourth-order valence-electron chi connectivity index (χ4n) is 2.27. The minimum absolute atomic E-state index is 0.0777. The zero-order chi connectivity index (χ0) is 17.5. The van der Waals surface area contributed by atoms with Crippen LogP contribution in [0.2, 0.25) is 0 Å². The van der Waals surface area contributed by atoms with Crippen LogP contribution >= 0.6 is 0 Å². The van der Waals surface area contributed by atoms with Crippen LogP contribution in [-0.4, -0.2) is 25.5 Å². The maximum absolute atomic E-state index is 12.0. The van der Waals surface area contributed by atoms with Crippen molar-refractivity contribution < 1.29 is 23.8 Å². The zero-order valence-electron chi connectivity index (χ0n) is 14.0. The molecule has 0 saturated carbocycles. The van der Waals surface area contributed by atoms with Crippen molar-refractivity contribution in [2.45, 2.75) is 20.5 Å². The molecular formula is C19H20O5. The molecule has 0 aliphatic heterocycles. The average Bonchev–Trinajstić information content (AvgIpc) is 2.60. The Morgan fingerprint density at radius 3 is 2.46 bits per heavy atom. The number of Topliss-reactive ketones (excluding diaryl/α,β-unsaturated/α-hetero) is 1. The van der Waals surface area contributed by atoms with Crippen molar-refractivity contribution in [1.29, 1.82) is 0 Å². The maximum Gasteiger partial charge on any atom is 0.338 e. The van der Waals surface area contributed by atoms with E-state index in [4.69, 9.17) is 14.2 Å². The van der Waals surface area contributed by atoms with Gasteiger partial charge < -0.3 is 14.2 Å². The molecule has 126 valence electrons. The molecule has 0 saturated heterocycles. The Labute approximate surface area is 141 Å². The highest BCUT2D eigenvalue weighted by Gasteiger charge is 2.13. The first-order valence-electron chi connectivity index (χ1n) is 7.63. The second-order valence-electron chi connectivity index (χ2n) is 5.08. The quantitative estimate of drug-likeness (QED) is 0.573. The summed E-state index contributed by atoms with van der Waals surface area (Å²) in [6, 6.07) is 12.1. The van der Waals surface area contributed by atoms with Gasteiger partial charge in [-0.15, -0.1) is 0 Å². The summed E-state index contributed by atoms with van der Waals surface area (Å²) in [5.41, 5.74) is 1.70. The van der Waals surface area contributed by atoms with Gasteiger partial charge in [0, 0.05) is 11.6 Å². The standard InChI is InChI=1S/C19H20O5/c1-4-23-19(21)17-8-6-5-7-14(17)12-24-15-9-10-16(13(2)20)18(11-15)22-3/h5-11H,4,12H2,1-3H3. The molecule has 24 heavy (non-hydrogen) atoms. The first kappa shape index (κ1) is 17.5. The topological polar surface area (TPSA) is 61.8 Å². The van der Waals surface area contributed by atoms with Crippen molar-refractivity contribution >= 4 is 11.8 Å². The monoisotopic (exact) mass is 328 g/mol.